The molecule has 0 atom stereocenters. The lowest BCUT2D eigenvalue weighted by atomic mass is 10.2. The average Bonchev–Trinajstić information content (AvgIpc) is 2.64. The molecule has 1 N–H and O–H groups in total. The van der Waals surface area contributed by atoms with E-state index < -0.39 is 0 Å². The molecule has 25 heavy (non-hydrogen) atoms. The molecule has 1 fully saturated rings. The average molecular weight is 368 g/mol. The monoisotopic (exact) mass is 367 g/mol. The van der Waals surface area contributed by atoms with Crippen molar-refractivity contribution in [3.8, 4) is 0 Å². The molecule has 140 valence electrons. The van der Waals surface area contributed by atoms with E-state index in [1.807, 2.05) is 12.1 Å². The van der Waals surface area contributed by atoms with Crippen LogP contribution in [0.2, 0.25) is 0 Å². The normalized spacial score (nSPS) is 15.1. The Morgan fingerprint density at radius 2 is 1.96 bits per heavy atom. The summed E-state index contributed by atoms with van der Waals surface area (Å²) in [5.74, 6) is -0.205. The van der Waals surface area contributed by atoms with Gasteiger partial charge < -0.3 is 15.0 Å². The molecule has 1 aliphatic rings. The molecule has 0 spiro atoms. The molecule has 0 radical (unpaired) electrons. The molecule has 1 heterocycles. The molecule has 2 rings (SSSR count). The Morgan fingerprint density at radius 1 is 1.24 bits per heavy atom. The molecule has 1 aromatic rings. The van der Waals surface area contributed by atoms with Crippen LogP contribution in [-0.2, 0) is 11.3 Å². The standard InChI is InChI=1S/C19H30FN3OS/c1-2-3-4-9-21-19(25)23(11-10-22-12-14-24-15-13-22)16-17-5-7-18(20)8-6-17/h5-8H,2-4,9-16H2,1H3,(H,21,25). The van der Waals surface area contributed by atoms with Crippen molar-refractivity contribution in [3.63, 3.8) is 0 Å². The van der Waals surface area contributed by atoms with Crippen LogP contribution >= 0.6 is 12.2 Å². The topological polar surface area (TPSA) is 27.7 Å². The van der Waals surface area contributed by atoms with Gasteiger partial charge in [-0.05, 0) is 36.3 Å². The largest absolute Gasteiger partial charge is 0.379 e. The fourth-order valence-electron chi connectivity index (χ4n) is 2.83. The maximum Gasteiger partial charge on any atom is 0.169 e. The third-order valence-electron chi connectivity index (χ3n) is 4.42. The van der Waals surface area contributed by atoms with Crippen molar-refractivity contribution >= 4 is 17.3 Å². The third-order valence-corrected chi connectivity index (χ3v) is 4.82. The molecule has 0 saturated carbocycles. The number of halogens is 1. The zero-order valence-electron chi connectivity index (χ0n) is 15.2. The summed E-state index contributed by atoms with van der Waals surface area (Å²) in [6, 6.07) is 6.67. The highest BCUT2D eigenvalue weighted by molar-refractivity contribution is 7.80. The van der Waals surface area contributed by atoms with Crippen molar-refractivity contribution in [3.05, 3.63) is 35.6 Å². The Kier molecular flexibility index (Phi) is 9.15. The van der Waals surface area contributed by atoms with E-state index in [1.54, 1.807) is 0 Å². The Labute approximate surface area is 156 Å². The molecule has 0 unspecified atom stereocenters. The quantitative estimate of drug-likeness (QED) is 0.535. The molecular formula is C19H30FN3OS. The number of ether oxygens (including phenoxy) is 1. The number of benzene rings is 1. The Hall–Kier alpha value is -1.24. The zero-order chi connectivity index (χ0) is 17.9. The minimum absolute atomic E-state index is 0.205. The van der Waals surface area contributed by atoms with E-state index in [2.05, 4.69) is 22.0 Å². The van der Waals surface area contributed by atoms with Gasteiger partial charge >= 0.3 is 0 Å². The van der Waals surface area contributed by atoms with Crippen LogP contribution in [0.3, 0.4) is 0 Å². The van der Waals surface area contributed by atoms with E-state index in [4.69, 9.17) is 17.0 Å². The van der Waals surface area contributed by atoms with Gasteiger partial charge in [-0.15, -0.1) is 0 Å². The smallest absolute Gasteiger partial charge is 0.169 e. The summed E-state index contributed by atoms with van der Waals surface area (Å²) in [7, 11) is 0. The first-order valence-corrected chi connectivity index (χ1v) is 9.67. The first-order chi connectivity index (χ1) is 12.2. The number of morpholine rings is 1. The summed E-state index contributed by atoms with van der Waals surface area (Å²) in [5, 5.41) is 4.16. The predicted molar refractivity (Wildman–Crippen MR) is 104 cm³/mol. The van der Waals surface area contributed by atoms with Crippen LogP contribution in [0, 0.1) is 5.82 Å². The van der Waals surface area contributed by atoms with Crippen molar-refractivity contribution in [2.45, 2.75) is 32.7 Å². The molecular weight excluding hydrogens is 337 g/mol. The van der Waals surface area contributed by atoms with Crippen LogP contribution in [0.5, 0.6) is 0 Å². The van der Waals surface area contributed by atoms with E-state index in [-0.39, 0.29) is 5.82 Å². The highest BCUT2D eigenvalue weighted by Gasteiger charge is 2.15. The second kappa shape index (κ2) is 11.4. The molecule has 4 nitrogen and oxygen atoms in total. The van der Waals surface area contributed by atoms with Crippen molar-refractivity contribution in [2.24, 2.45) is 0 Å². The van der Waals surface area contributed by atoms with Crippen molar-refractivity contribution < 1.29 is 9.13 Å². The van der Waals surface area contributed by atoms with Gasteiger partial charge in [-0.2, -0.15) is 0 Å². The first-order valence-electron chi connectivity index (χ1n) is 9.26. The SMILES string of the molecule is CCCCCNC(=S)N(CCN1CCOCC1)Cc1ccc(F)cc1. The summed E-state index contributed by atoms with van der Waals surface area (Å²) in [6.07, 6.45) is 3.54. The van der Waals surface area contributed by atoms with Crippen LogP contribution < -0.4 is 5.32 Å². The van der Waals surface area contributed by atoms with Gasteiger partial charge in [0, 0.05) is 39.3 Å². The molecule has 0 aliphatic carbocycles. The fourth-order valence-corrected chi connectivity index (χ4v) is 3.09. The van der Waals surface area contributed by atoms with Gasteiger partial charge in [0.2, 0.25) is 0 Å². The Morgan fingerprint density at radius 3 is 2.64 bits per heavy atom. The predicted octanol–water partition coefficient (Wildman–Crippen LogP) is 3.02. The maximum atomic E-state index is 13.1. The number of nitrogens with zero attached hydrogens (tertiary/aromatic N) is 2. The Balaban J connectivity index is 1.89. The highest BCUT2D eigenvalue weighted by Crippen LogP contribution is 2.08. The summed E-state index contributed by atoms with van der Waals surface area (Å²) in [6.45, 7) is 9.17. The molecule has 0 amide bonds. The fraction of sp³-hybridized carbons (Fsp3) is 0.632. The molecule has 1 aromatic carbocycles. The summed E-state index contributed by atoms with van der Waals surface area (Å²) in [4.78, 5) is 4.59. The minimum atomic E-state index is -0.205. The van der Waals surface area contributed by atoms with Crippen LogP contribution in [-0.4, -0.2) is 60.8 Å². The number of rotatable bonds is 9. The summed E-state index contributed by atoms with van der Waals surface area (Å²) in [5.41, 5.74) is 1.07. The van der Waals surface area contributed by atoms with E-state index >= 15 is 0 Å². The first kappa shape index (κ1) is 20.1. The van der Waals surface area contributed by atoms with E-state index in [9.17, 15) is 4.39 Å². The Bertz CT molecular complexity index is 506. The lowest BCUT2D eigenvalue weighted by molar-refractivity contribution is 0.0357. The van der Waals surface area contributed by atoms with Crippen LogP contribution in [0.25, 0.3) is 0 Å². The van der Waals surface area contributed by atoms with Gasteiger partial charge in [0.15, 0.2) is 5.11 Å². The minimum Gasteiger partial charge on any atom is -0.379 e. The van der Waals surface area contributed by atoms with Gasteiger partial charge in [-0.1, -0.05) is 31.9 Å². The van der Waals surface area contributed by atoms with Crippen LogP contribution in [0.4, 0.5) is 4.39 Å². The second-order valence-electron chi connectivity index (χ2n) is 6.44. The lowest BCUT2D eigenvalue weighted by Crippen LogP contribution is -2.45. The van der Waals surface area contributed by atoms with Gasteiger partial charge in [-0.25, -0.2) is 4.39 Å². The molecule has 1 saturated heterocycles. The van der Waals surface area contributed by atoms with Crippen molar-refractivity contribution in [2.75, 3.05) is 45.9 Å². The van der Waals surface area contributed by atoms with Gasteiger partial charge in [0.05, 0.1) is 13.2 Å². The maximum absolute atomic E-state index is 13.1. The van der Waals surface area contributed by atoms with E-state index in [1.165, 1.54) is 25.0 Å². The van der Waals surface area contributed by atoms with Crippen LogP contribution in [0.1, 0.15) is 31.7 Å². The van der Waals surface area contributed by atoms with E-state index in [0.29, 0.717) is 6.54 Å². The summed E-state index contributed by atoms with van der Waals surface area (Å²) >= 11 is 5.61. The zero-order valence-corrected chi connectivity index (χ0v) is 16.0. The second-order valence-corrected chi connectivity index (χ2v) is 6.83. The number of unbranched alkanes of at least 4 members (excludes halogenated alkanes) is 2. The van der Waals surface area contributed by atoms with Crippen molar-refractivity contribution in [1.82, 2.24) is 15.1 Å². The van der Waals surface area contributed by atoms with Crippen LogP contribution in [0.15, 0.2) is 24.3 Å². The highest BCUT2D eigenvalue weighted by atomic mass is 32.1. The number of thiocarbonyl (C=S) groups is 1. The number of hydrogen-bond acceptors (Lipinski definition) is 3. The van der Waals surface area contributed by atoms with Gasteiger partial charge in [0.1, 0.15) is 5.82 Å². The molecule has 0 aromatic heterocycles. The van der Waals surface area contributed by atoms with Crippen molar-refractivity contribution in [1.29, 1.82) is 0 Å². The summed E-state index contributed by atoms with van der Waals surface area (Å²) < 4.78 is 18.6. The molecule has 1 aliphatic heterocycles. The number of nitrogens with one attached hydrogen (secondary N) is 1. The van der Waals surface area contributed by atoms with E-state index in [0.717, 1.165) is 63.0 Å². The third kappa shape index (κ3) is 7.67. The number of hydrogen-bond donors (Lipinski definition) is 1. The van der Waals surface area contributed by atoms with Gasteiger partial charge in [0.25, 0.3) is 0 Å². The molecule has 6 heteroatoms. The lowest BCUT2D eigenvalue weighted by Gasteiger charge is -2.31. The molecule has 0 bridgehead atoms. The van der Waals surface area contributed by atoms with Gasteiger partial charge in [-0.3, -0.25) is 4.90 Å².